The van der Waals surface area contributed by atoms with Crippen LogP contribution in [-0.2, 0) is 14.3 Å². The molecule has 4 aliphatic carbocycles. The lowest BCUT2D eigenvalue weighted by Gasteiger charge is -2.35. The molecule has 154 valence electrons. The molecule has 6 fully saturated rings. The van der Waals surface area contributed by atoms with Gasteiger partial charge in [-0.3, -0.25) is 4.79 Å². The fourth-order valence-corrected chi connectivity index (χ4v) is 6.82. The second-order valence-electron chi connectivity index (χ2n) is 9.72. The topological polar surface area (TPSA) is 42.1 Å². The lowest BCUT2D eigenvalue weighted by atomic mass is 9.68. The van der Waals surface area contributed by atoms with E-state index in [0.717, 1.165) is 31.6 Å². The maximum atomic E-state index is 11.6. The Balaban J connectivity index is 0.000000145. The van der Waals surface area contributed by atoms with Crippen molar-refractivity contribution in [3.8, 4) is 0 Å². The number of allylic oxidation sites excluding steroid dienone is 2. The molecule has 0 unspecified atom stereocenters. The van der Waals surface area contributed by atoms with E-state index >= 15 is 0 Å². The first-order valence-corrected chi connectivity index (χ1v) is 10.5. The molecule has 0 aromatic carbocycles. The zero-order chi connectivity index (χ0) is 17.4. The van der Waals surface area contributed by atoms with Crippen LogP contribution in [-0.4, -0.2) is 30.2 Å². The number of hydrogen-bond donors (Lipinski definition) is 0. The highest BCUT2D eigenvalue weighted by molar-refractivity contribution is 5.87. The van der Waals surface area contributed by atoms with Crippen molar-refractivity contribution in [2.75, 3.05) is 0 Å². The van der Waals surface area contributed by atoms with E-state index in [0.29, 0.717) is 41.5 Å². The molecular weight excluding hydrogens is 336 g/mol. The third-order valence-electron chi connectivity index (χ3n) is 8.70. The summed E-state index contributed by atoms with van der Waals surface area (Å²) in [6, 6.07) is 0. The smallest absolute Gasteiger partial charge is 0.139 e. The first-order chi connectivity index (χ1) is 12.0. The highest BCUT2D eigenvalue weighted by atomic mass is 16.6. The number of fused-ring (bicyclic) bond motifs is 6. The second-order valence-corrected chi connectivity index (χ2v) is 9.72. The number of Topliss-reactive ketones (excluding diaryl/α,β-unsaturated/α-hetero) is 1. The number of epoxide rings is 2. The Labute approximate surface area is 166 Å². The molecule has 4 saturated carbocycles. The van der Waals surface area contributed by atoms with Crippen LogP contribution in [0.1, 0.15) is 87.0 Å². The van der Waals surface area contributed by atoms with Crippen LogP contribution in [0.4, 0.5) is 0 Å². The van der Waals surface area contributed by atoms with Gasteiger partial charge in [0.05, 0.1) is 24.4 Å². The van der Waals surface area contributed by atoms with Gasteiger partial charge in [0.1, 0.15) is 5.78 Å². The first-order valence-electron chi connectivity index (χ1n) is 10.5. The van der Waals surface area contributed by atoms with Gasteiger partial charge in [0.25, 0.3) is 0 Å². The summed E-state index contributed by atoms with van der Waals surface area (Å²) < 4.78 is 11.3. The lowest BCUT2D eigenvalue weighted by Crippen LogP contribution is -2.36. The predicted octanol–water partition coefficient (Wildman–Crippen LogP) is 5.72. The van der Waals surface area contributed by atoms with Crippen molar-refractivity contribution < 1.29 is 14.3 Å². The third kappa shape index (κ3) is 3.04. The third-order valence-corrected chi connectivity index (χ3v) is 8.70. The van der Waals surface area contributed by atoms with Gasteiger partial charge in [-0.05, 0) is 63.2 Å². The van der Waals surface area contributed by atoms with Gasteiger partial charge in [0, 0.05) is 17.8 Å². The summed E-state index contributed by atoms with van der Waals surface area (Å²) in [5, 5.41) is 0. The minimum absolute atomic E-state index is 0. The molecule has 6 rings (SSSR count). The van der Waals surface area contributed by atoms with Crippen LogP contribution in [0.25, 0.3) is 0 Å². The van der Waals surface area contributed by atoms with E-state index in [1.807, 2.05) is 0 Å². The van der Waals surface area contributed by atoms with E-state index in [4.69, 9.17) is 9.47 Å². The minimum atomic E-state index is -0.00231. The average Bonchev–Trinajstić information content (AvgIpc) is 3.49. The first kappa shape index (κ1) is 21.0. The fourth-order valence-electron chi connectivity index (χ4n) is 6.82. The molecule has 6 aliphatic rings. The minimum Gasteiger partial charge on any atom is -0.369 e. The maximum Gasteiger partial charge on any atom is 0.139 e. The van der Waals surface area contributed by atoms with E-state index in [1.54, 1.807) is 5.57 Å². The quantitative estimate of drug-likeness (QED) is 0.401. The Hall–Kier alpha value is -0.670. The molecule has 27 heavy (non-hydrogen) atoms. The lowest BCUT2D eigenvalue weighted by molar-refractivity contribution is -0.127. The van der Waals surface area contributed by atoms with Gasteiger partial charge < -0.3 is 9.47 Å². The molecule has 2 heterocycles. The SMILES string of the molecule is C.C.CC=C1CC[C@H]2[C@H]3O[C@H]3CC[C@]12C.C[C@]12CC[C@@H]3O[C@@H]3[C@@H]1CCC2=O. The molecule has 2 saturated heterocycles. The molecule has 0 aromatic rings. The van der Waals surface area contributed by atoms with Crippen LogP contribution in [0.2, 0.25) is 0 Å². The van der Waals surface area contributed by atoms with Crippen molar-refractivity contribution in [2.24, 2.45) is 22.7 Å². The summed E-state index contributed by atoms with van der Waals surface area (Å²) in [6.07, 6.45) is 14.0. The molecular formula is C24H40O3. The van der Waals surface area contributed by atoms with E-state index in [2.05, 4.69) is 26.8 Å². The second kappa shape index (κ2) is 6.99. The van der Waals surface area contributed by atoms with E-state index in [9.17, 15) is 4.79 Å². The van der Waals surface area contributed by atoms with Crippen LogP contribution >= 0.6 is 0 Å². The van der Waals surface area contributed by atoms with Crippen molar-refractivity contribution >= 4 is 5.78 Å². The van der Waals surface area contributed by atoms with E-state index in [-0.39, 0.29) is 20.3 Å². The Morgan fingerprint density at radius 1 is 0.852 bits per heavy atom. The van der Waals surface area contributed by atoms with Gasteiger partial charge in [-0.15, -0.1) is 0 Å². The van der Waals surface area contributed by atoms with E-state index in [1.165, 1.54) is 25.7 Å². The van der Waals surface area contributed by atoms with Crippen LogP contribution in [0.3, 0.4) is 0 Å². The summed E-state index contributed by atoms with van der Waals surface area (Å²) in [4.78, 5) is 11.6. The highest BCUT2D eigenvalue weighted by Crippen LogP contribution is 2.60. The highest BCUT2D eigenvalue weighted by Gasteiger charge is 2.61. The molecule has 8 atom stereocenters. The summed E-state index contributed by atoms with van der Waals surface area (Å²) in [5.74, 6) is 1.89. The normalized spacial score (nSPS) is 52.1. The number of rotatable bonds is 0. The Kier molecular flexibility index (Phi) is 5.45. The molecule has 3 heteroatoms. The van der Waals surface area contributed by atoms with Crippen LogP contribution in [0.5, 0.6) is 0 Å². The van der Waals surface area contributed by atoms with Crippen LogP contribution in [0.15, 0.2) is 11.6 Å². The molecule has 0 spiro atoms. The number of ether oxygens (including phenoxy) is 2. The average molecular weight is 377 g/mol. The van der Waals surface area contributed by atoms with E-state index < -0.39 is 0 Å². The molecule has 0 bridgehead atoms. The molecule has 3 nitrogen and oxygen atoms in total. The Morgan fingerprint density at radius 2 is 1.37 bits per heavy atom. The number of carbonyl (C=O) groups is 1. The number of carbonyl (C=O) groups excluding carboxylic acids is 1. The molecule has 0 radical (unpaired) electrons. The van der Waals surface area contributed by atoms with Gasteiger partial charge in [-0.25, -0.2) is 0 Å². The van der Waals surface area contributed by atoms with Crippen molar-refractivity contribution in [2.45, 2.75) is 111 Å². The molecule has 0 amide bonds. The standard InChI is InChI=1S/C12H18O.C10H14O2.2CH4/c1-3-8-4-5-9-11-10(13-11)6-7-12(8,9)2;1-10-5-4-7-9(12-7)6(10)2-3-8(10)11;;/h3,9-11H,4-7H2,1-2H3;6-7,9H,2-5H2,1H3;2*1H4/t9-,10-,11+,12+;6-,7-,9+,10-;;/m00../s1. The summed E-state index contributed by atoms with van der Waals surface area (Å²) in [7, 11) is 0. The Morgan fingerprint density at radius 3 is 1.96 bits per heavy atom. The molecule has 0 N–H and O–H groups in total. The van der Waals surface area contributed by atoms with Crippen molar-refractivity contribution in [1.29, 1.82) is 0 Å². The van der Waals surface area contributed by atoms with Crippen molar-refractivity contribution in [3.05, 3.63) is 11.6 Å². The molecule has 0 aromatic heterocycles. The van der Waals surface area contributed by atoms with Gasteiger partial charge >= 0.3 is 0 Å². The number of hydrogen-bond acceptors (Lipinski definition) is 3. The van der Waals surface area contributed by atoms with Crippen LogP contribution < -0.4 is 0 Å². The zero-order valence-electron chi connectivity index (χ0n) is 15.9. The van der Waals surface area contributed by atoms with Crippen molar-refractivity contribution in [3.63, 3.8) is 0 Å². The predicted molar refractivity (Wildman–Crippen MR) is 110 cm³/mol. The van der Waals surface area contributed by atoms with Gasteiger partial charge in [-0.1, -0.05) is 40.3 Å². The summed E-state index contributed by atoms with van der Waals surface area (Å²) in [5.41, 5.74) is 2.20. The Bertz CT molecular complexity index is 625. The largest absolute Gasteiger partial charge is 0.369 e. The summed E-state index contributed by atoms with van der Waals surface area (Å²) >= 11 is 0. The maximum absolute atomic E-state index is 11.6. The van der Waals surface area contributed by atoms with Gasteiger partial charge in [0.15, 0.2) is 0 Å². The van der Waals surface area contributed by atoms with Gasteiger partial charge in [-0.2, -0.15) is 0 Å². The van der Waals surface area contributed by atoms with Crippen molar-refractivity contribution in [1.82, 2.24) is 0 Å². The van der Waals surface area contributed by atoms with Crippen LogP contribution in [0, 0.1) is 22.7 Å². The summed E-state index contributed by atoms with van der Waals surface area (Å²) in [6.45, 7) is 6.80. The fraction of sp³-hybridized carbons (Fsp3) is 0.875. The van der Waals surface area contributed by atoms with Gasteiger partial charge in [0.2, 0.25) is 0 Å². The monoisotopic (exact) mass is 376 g/mol. The number of ketones is 1. The molecule has 2 aliphatic heterocycles. The zero-order valence-corrected chi connectivity index (χ0v) is 15.9.